The SMILES string of the molecule is Cc1ccc(-n2c3ccc(-c4ccc(-c5nc6ccccc6n5-c5ccccc5)cc4)cc3c3cc(-c4ccc(-c5nc6ccccc6n5-c5ccccc5)cc4)ccc32)cc1. The molecule has 0 atom stereocenters. The number of hydrogen-bond acceptors (Lipinski definition) is 2. The van der Waals surface area contributed by atoms with Gasteiger partial charge in [0.1, 0.15) is 11.6 Å². The molecule has 0 aliphatic heterocycles. The van der Waals surface area contributed by atoms with Gasteiger partial charge in [-0.15, -0.1) is 0 Å². The maximum atomic E-state index is 5.11. The van der Waals surface area contributed by atoms with Crippen molar-refractivity contribution in [1.82, 2.24) is 23.7 Å². The fraction of sp³-hybridized carbons (Fsp3) is 0.0175. The van der Waals surface area contributed by atoms with E-state index in [2.05, 4.69) is 227 Å². The number of rotatable bonds is 7. The lowest BCUT2D eigenvalue weighted by molar-refractivity contribution is 1.10. The maximum Gasteiger partial charge on any atom is 0.145 e. The molecule has 0 aliphatic rings. The zero-order valence-corrected chi connectivity index (χ0v) is 34.0. The Labute approximate surface area is 359 Å². The lowest BCUT2D eigenvalue weighted by Gasteiger charge is -2.11. The second-order valence-corrected chi connectivity index (χ2v) is 16.0. The summed E-state index contributed by atoms with van der Waals surface area (Å²) >= 11 is 0. The minimum absolute atomic E-state index is 0.927. The molecule has 0 aliphatic carbocycles. The van der Waals surface area contributed by atoms with Crippen LogP contribution >= 0.6 is 0 Å². The van der Waals surface area contributed by atoms with E-state index in [-0.39, 0.29) is 0 Å². The third-order valence-electron chi connectivity index (χ3n) is 12.2. The van der Waals surface area contributed by atoms with Crippen LogP contribution in [0.1, 0.15) is 5.56 Å². The molecule has 3 heterocycles. The molecule has 0 spiro atoms. The first-order valence-corrected chi connectivity index (χ1v) is 21.1. The Balaban J connectivity index is 0.952. The summed E-state index contributed by atoms with van der Waals surface area (Å²) in [6.45, 7) is 2.14. The van der Waals surface area contributed by atoms with Gasteiger partial charge >= 0.3 is 0 Å². The van der Waals surface area contributed by atoms with Crippen molar-refractivity contribution in [2.45, 2.75) is 6.92 Å². The Bertz CT molecular complexity index is 3380. The minimum Gasteiger partial charge on any atom is -0.309 e. The van der Waals surface area contributed by atoms with Gasteiger partial charge in [0.05, 0.1) is 33.1 Å². The van der Waals surface area contributed by atoms with Crippen LogP contribution in [0.25, 0.3) is 106 Å². The molecule has 0 bridgehead atoms. The van der Waals surface area contributed by atoms with Crippen LogP contribution in [0.5, 0.6) is 0 Å². The molecule has 0 N–H and O–H groups in total. The predicted octanol–water partition coefficient (Wildman–Crippen LogP) is 14.4. The average molecular weight is 794 g/mol. The zero-order chi connectivity index (χ0) is 41.1. The molecule has 12 aromatic rings. The van der Waals surface area contributed by atoms with Gasteiger partial charge < -0.3 is 4.57 Å². The van der Waals surface area contributed by atoms with Gasteiger partial charge in [0.25, 0.3) is 0 Å². The van der Waals surface area contributed by atoms with E-state index in [1.165, 1.54) is 38.5 Å². The van der Waals surface area contributed by atoms with Crippen molar-refractivity contribution in [1.29, 1.82) is 0 Å². The first-order valence-electron chi connectivity index (χ1n) is 21.1. The number of hydrogen-bond donors (Lipinski definition) is 0. The first kappa shape index (κ1) is 35.6. The molecule has 5 nitrogen and oxygen atoms in total. The summed E-state index contributed by atoms with van der Waals surface area (Å²) in [5.74, 6) is 1.85. The zero-order valence-electron chi connectivity index (χ0n) is 34.0. The highest BCUT2D eigenvalue weighted by molar-refractivity contribution is 6.11. The second kappa shape index (κ2) is 14.5. The van der Waals surface area contributed by atoms with Crippen molar-refractivity contribution in [3.8, 4) is 62.1 Å². The lowest BCUT2D eigenvalue weighted by Crippen LogP contribution is -1.97. The molecule has 62 heavy (non-hydrogen) atoms. The van der Waals surface area contributed by atoms with Crippen LogP contribution in [0.15, 0.2) is 218 Å². The first-order chi connectivity index (χ1) is 30.6. The number of nitrogens with zero attached hydrogens (tertiary/aromatic N) is 5. The molecule has 5 heteroatoms. The summed E-state index contributed by atoms with van der Waals surface area (Å²) in [6.07, 6.45) is 0. The number of aryl methyl sites for hydroxylation is 1. The van der Waals surface area contributed by atoms with Crippen LogP contribution < -0.4 is 0 Å². The highest BCUT2D eigenvalue weighted by Crippen LogP contribution is 2.39. The Morgan fingerprint density at radius 3 is 1.11 bits per heavy atom. The Kier molecular flexibility index (Phi) is 8.32. The van der Waals surface area contributed by atoms with Gasteiger partial charge in [-0.05, 0) is 114 Å². The van der Waals surface area contributed by atoms with Crippen LogP contribution in [0, 0.1) is 6.92 Å². The predicted molar refractivity (Wildman–Crippen MR) is 257 cm³/mol. The average Bonchev–Trinajstić information content (AvgIpc) is 4.02. The number of imidazole rings is 2. The van der Waals surface area contributed by atoms with Crippen molar-refractivity contribution >= 4 is 43.9 Å². The quantitative estimate of drug-likeness (QED) is 0.161. The lowest BCUT2D eigenvalue weighted by atomic mass is 9.99. The Morgan fingerprint density at radius 2 is 0.661 bits per heavy atom. The van der Waals surface area contributed by atoms with E-state index >= 15 is 0 Å². The largest absolute Gasteiger partial charge is 0.309 e. The standard InChI is InChI=1S/C57H39N5/c1-38-20-32-47(33-21-38)60-52-34-30-43(39-22-26-41(27-23-39)56-58-50-16-8-10-18-54(50)61(56)45-12-4-2-5-13-45)36-48(52)49-37-44(31-35-53(49)60)40-24-28-42(29-25-40)57-59-51-17-9-11-19-55(51)62(57)46-14-6-3-7-15-46/h2-37H,1H3. The van der Waals surface area contributed by atoms with E-state index in [9.17, 15) is 0 Å². The van der Waals surface area contributed by atoms with Crippen LogP contribution in [-0.2, 0) is 0 Å². The molecule has 3 aromatic heterocycles. The molecule has 0 unspecified atom stereocenters. The van der Waals surface area contributed by atoms with E-state index in [0.717, 1.165) is 73.0 Å². The summed E-state index contributed by atoms with van der Waals surface area (Å²) in [4.78, 5) is 10.2. The van der Waals surface area contributed by atoms with E-state index in [1.807, 2.05) is 12.1 Å². The van der Waals surface area contributed by atoms with E-state index < -0.39 is 0 Å². The molecule has 9 aromatic carbocycles. The van der Waals surface area contributed by atoms with Gasteiger partial charge in [0.2, 0.25) is 0 Å². The molecule has 0 fully saturated rings. The van der Waals surface area contributed by atoms with Crippen molar-refractivity contribution in [3.05, 3.63) is 224 Å². The molecule has 292 valence electrons. The molecule has 0 radical (unpaired) electrons. The van der Waals surface area contributed by atoms with Crippen LogP contribution in [-0.4, -0.2) is 23.7 Å². The monoisotopic (exact) mass is 793 g/mol. The van der Waals surface area contributed by atoms with E-state index in [0.29, 0.717) is 0 Å². The molecule has 0 amide bonds. The van der Waals surface area contributed by atoms with Gasteiger partial charge in [0, 0.05) is 39.0 Å². The van der Waals surface area contributed by atoms with Crippen LogP contribution in [0.3, 0.4) is 0 Å². The summed E-state index contributed by atoms with van der Waals surface area (Å²) in [5, 5.41) is 2.42. The molecule has 12 rings (SSSR count). The summed E-state index contributed by atoms with van der Waals surface area (Å²) < 4.78 is 6.90. The normalized spacial score (nSPS) is 11.6. The van der Waals surface area contributed by atoms with Crippen LogP contribution in [0.4, 0.5) is 0 Å². The van der Waals surface area contributed by atoms with Gasteiger partial charge in [-0.3, -0.25) is 9.13 Å². The Morgan fingerprint density at radius 1 is 0.290 bits per heavy atom. The fourth-order valence-electron chi connectivity index (χ4n) is 9.09. The number of fused-ring (bicyclic) bond motifs is 5. The molecular weight excluding hydrogens is 755 g/mol. The summed E-state index contributed by atoms with van der Waals surface area (Å²) in [7, 11) is 0. The second-order valence-electron chi connectivity index (χ2n) is 16.0. The van der Waals surface area contributed by atoms with E-state index in [1.54, 1.807) is 0 Å². The highest BCUT2D eigenvalue weighted by atomic mass is 15.1. The summed E-state index contributed by atoms with van der Waals surface area (Å²) in [5.41, 5.74) is 17.8. The molecular formula is C57H39N5. The van der Waals surface area contributed by atoms with Gasteiger partial charge in [-0.2, -0.15) is 0 Å². The van der Waals surface area contributed by atoms with Crippen molar-refractivity contribution < 1.29 is 0 Å². The molecule has 0 saturated carbocycles. The third kappa shape index (κ3) is 5.94. The number of para-hydroxylation sites is 6. The Hall–Kier alpha value is -8.28. The van der Waals surface area contributed by atoms with Crippen molar-refractivity contribution in [2.24, 2.45) is 0 Å². The number of aromatic nitrogens is 5. The maximum absolute atomic E-state index is 5.11. The highest BCUT2D eigenvalue weighted by Gasteiger charge is 2.18. The minimum atomic E-state index is 0.927. The fourth-order valence-corrected chi connectivity index (χ4v) is 9.09. The van der Waals surface area contributed by atoms with Crippen molar-refractivity contribution in [3.63, 3.8) is 0 Å². The molecule has 0 saturated heterocycles. The topological polar surface area (TPSA) is 40.6 Å². The van der Waals surface area contributed by atoms with Gasteiger partial charge in [0.15, 0.2) is 0 Å². The third-order valence-corrected chi connectivity index (χ3v) is 12.2. The summed E-state index contributed by atoms with van der Waals surface area (Å²) in [6, 6.07) is 78.0. The van der Waals surface area contributed by atoms with Crippen molar-refractivity contribution in [2.75, 3.05) is 0 Å². The van der Waals surface area contributed by atoms with E-state index in [4.69, 9.17) is 9.97 Å². The van der Waals surface area contributed by atoms with Crippen LogP contribution in [0.2, 0.25) is 0 Å². The van der Waals surface area contributed by atoms with Gasteiger partial charge in [-0.25, -0.2) is 9.97 Å². The smallest absolute Gasteiger partial charge is 0.145 e. The van der Waals surface area contributed by atoms with Gasteiger partial charge in [-0.1, -0.05) is 139 Å². The number of benzene rings is 9.